The van der Waals surface area contributed by atoms with Crippen LogP contribution in [0, 0.1) is 13.8 Å². The minimum Gasteiger partial charge on any atom is -0.338 e. The zero-order chi connectivity index (χ0) is 18.8. The Bertz CT molecular complexity index is 721. The Hall–Kier alpha value is -1.78. The van der Waals surface area contributed by atoms with Crippen molar-refractivity contribution in [1.29, 1.82) is 0 Å². The van der Waals surface area contributed by atoms with E-state index in [1.807, 2.05) is 13.8 Å². The molecule has 0 aliphatic carbocycles. The number of rotatable bonds is 5. The van der Waals surface area contributed by atoms with Crippen molar-refractivity contribution in [3.63, 3.8) is 0 Å². The molecule has 1 fully saturated rings. The maximum absolute atomic E-state index is 12.1. The van der Waals surface area contributed by atoms with Crippen LogP contribution in [-0.4, -0.2) is 86.6 Å². The van der Waals surface area contributed by atoms with E-state index in [1.165, 1.54) is 7.05 Å². The number of piperazine rings is 1. The second-order valence-corrected chi connectivity index (χ2v) is 8.52. The topological polar surface area (TPSA) is 98.7 Å². The Labute approximate surface area is 149 Å². The molecule has 1 aliphatic rings. The lowest BCUT2D eigenvalue weighted by Gasteiger charge is -2.32. The van der Waals surface area contributed by atoms with E-state index in [9.17, 15) is 13.2 Å². The van der Waals surface area contributed by atoms with Crippen LogP contribution in [0.3, 0.4) is 0 Å². The number of aromatic nitrogens is 2. The van der Waals surface area contributed by atoms with Gasteiger partial charge in [-0.25, -0.2) is 18.4 Å². The Morgan fingerprint density at radius 3 is 2.16 bits per heavy atom. The lowest BCUT2D eigenvalue weighted by molar-refractivity contribution is -0.116. The number of aryl methyl sites for hydroxylation is 2. The van der Waals surface area contributed by atoms with Gasteiger partial charge < -0.3 is 15.1 Å². The van der Waals surface area contributed by atoms with Gasteiger partial charge in [-0.05, 0) is 20.9 Å². The molecular formula is C15H26N6O3S. The maximum Gasteiger partial charge on any atom is 0.239 e. The van der Waals surface area contributed by atoms with Crippen LogP contribution in [0.1, 0.15) is 11.4 Å². The van der Waals surface area contributed by atoms with E-state index in [1.54, 1.807) is 0 Å². The molecule has 0 atom stereocenters. The largest absolute Gasteiger partial charge is 0.338 e. The van der Waals surface area contributed by atoms with Crippen LogP contribution < -0.4 is 10.2 Å². The number of anilines is 2. The lowest BCUT2D eigenvalue weighted by Crippen LogP contribution is -2.45. The number of carbonyl (C=O) groups is 1. The summed E-state index contributed by atoms with van der Waals surface area (Å²) in [4.78, 5) is 25.5. The van der Waals surface area contributed by atoms with E-state index in [0.29, 0.717) is 23.0 Å². The van der Waals surface area contributed by atoms with Crippen molar-refractivity contribution in [2.45, 2.75) is 13.8 Å². The Morgan fingerprint density at radius 1 is 1.16 bits per heavy atom. The normalized spacial score (nSPS) is 16.3. The fraction of sp³-hybridized carbons (Fsp3) is 0.667. The molecule has 1 saturated heterocycles. The number of nitrogens with zero attached hydrogens (tertiary/aromatic N) is 5. The maximum atomic E-state index is 12.1. The van der Waals surface area contributed by atoms with Gasteiger partial charge in [0.1, 0.15) is 0 Å². The highest BCUT2D eigenvalue weighted by Gasteiger charge is 2.20. The molecule has 1 aromatic rings. The molecule has 0 spiro atoms. The molecule has 1 amide bonds. The minimum atomic E-state index is -3.41. The fourth-order valence-corrected chi connectivity index (χ4v) is 2.88. The summed E-state index contributed by atoms with van der Waals surface area (Å²) in [6.45, 7) is 7.00. The molecular weight excluding hydrogens is 344 g/mol. The minimum absolute atomic E-state index is 0.252. The van der Waals surface area contributed by atoms with Crippen molar-refractivity contribution in [2.75, 3.05) is 63.3 Å². The summed E-state index contributed by atoms with van der Waals surface area (Å²) in [6, 6.07) is 0. The van der Waals surface area contributed by atoms with Gasteiger partial charge in [-0.2, -0.15) is 4.31 Å². The average molecular weight is 370 g/mol. The van der Waals surface area contributed by atoms with Gasteiger partial charge in [-0.1, -0.05) is 0 Å². The molecule has 140 valence electrons. The predicted molar refractivity (Wildman–Crippen MR) is 97.3 cm³/mol. The third-order valence-electron chi connectivity index (χ3n) is 4.24. The summed E-state index contributed by atoms with van der Waals surface area (Å²) in [6.07, 6.45) is 1.06. The van der Waals surface area contributed by atoms with E-state index >= 15 is 0 Å². The number of nitrogens with one attached hydrogen (secondary N) is 1. The molecule has 10 heteroatoms. The van der Waals surface area contributed by atoms with Crippen LogP contribution in [0.4, 0.5) is 11.6 Å². The average Bonchev–Trinajstić information content (AvgIpc) is 2.50. The zero-order valence-electron chi connectivity index (χ0n) is 15.4. The lowest BCUT2D eigenvalue weighted by atomic mass is 10.2. The highest BCUT2D eigenvalue weighted by molar-refractivity contribution is 7.88. The number of likely N-dealkylation sites (N-methyl/N-ethyl adjacent to an activating group) is 2. The van der Waals surface area contributed by atoms with Crippen molar-refractivity contribution in [3.8, 4) is 0 Å². The van der Waals surface area contributed by atoms with E-state index in [4.69, 9.17) is 0 Å². The summed E-state index contributed by atoms with van der Waals surface area (Å²) in [5.41, 5.74) is 1.86. The van der Waals surface area contributed by atoms with Crippen molar-refractivity contribution in [2.24, 2.45) is 0 Å². The highest BCUT2D eigenvalue weighted by Crippen LogP contribution is 2.21. The summed E-state index contributed by atoms with van der Waals surface area (Å²) in [5.74, 6) is 0.240. The molecule has 0 bridgehead atoms. The van der Waals surface area contributed by atoms with Crippen LogP contribution in [0.2, 0.25) is 0 Å². The quantitative estimate of drug-likeness (QED) is 0.758. The van der Waals surface area contributed by atoms with E-state index < -0.39 is 15.9 Å². The van der Waals surface area contributed by atoms with Crippen LogP contribution in [0.15, 0.2) is 0 Å². The van der Waals surface area contributed by atoms with Gasteiger partial charge in [0, 0.05) is 33.2 Å². The number of sulfonamides is 1. The van der Waals surface area contributed by atoms with Gasteiger partial charge in [0.05, 0.1) is 29.9 Å². The van der Waals surface area contributed by atoms with Crippen LogP contribution in [0.5, 0.6) is 0 Å². The first-order chi connectivity index (χ1) is 11.6. The molecule has 1 N–H and O–H groups in total. The molecule has 0 unspecified atom stereocenters. The van der Waals surface area contributed by atoms with Gasteiger partial charge in [-0.15, -0.1) is 0 Å². The van der Waals surface area contributed by atoms with Gasteiger partial charge in [0.2, 0.25) is 21.9 Å². The third kappa shape index (κ3) is 5.10. The number of hydrogen-bond donors (Lipinski definition) is 1. The monoisotopic (exact) mass is 370 g/mol. The van der Waals surface area contributed by atoms with Gasteiger partial charge in [-0.3, -0.25) is 4.79 Å². The van der Waals surface area contributed by atoms with Gasteiger partial charge >= 0.3 is 0 Å². The zero-order valence-corrected chi connectivity index (χ0v) is 16.2. The molecule has 1 aromatic heterocycles. The summed E-state index contributed by atoms with van der Waals surface area (Å²) >= 11 is 0. The van der Waals surface area contributed by atoms with Crippen LogP contribution in [0.25, 0.3) is 0 Å². The smallest absolute Gasteiger partial charge is 0.239 e. The van der Waals surface area contributed by atoms with Gasteiger partial charge in [0.15, 0.2) is 0 Å². The van der Waals surface area contributed by atoms with Gasteiger partial charge in [0.25, 0.3) is 0 Å². The van der Waals surface area contributed by atoms with E-state index in [-0.39, 0.29) is 6.54 Å². The summed E-state index contributed by atoms with van der Waals surface area (Å²) in [7, 11) is 0.0413. The molecule has 2 heterocycles. The molecule has 0 aromatic carbocycles. The highest BCUT2D eigenvalue weighted by atomic mass is 32.2. The summed E-state index contributed by atoms with van der Waals surface area (Å²) in [5, 5.41) is 2.72. The Morgan fingerprint density at radius 2 is 1.68 bits per heavy atom. The number of amides is 1. The van der Waals surface area contributed by atoms with E-state index in [0.717, 1.165) is 36.7 Å². The Balaban J connectivity index is 2.11. The standard InChI is InChI=1S/C15H26N6O3S/c1-11-14(18-13(22)10-20(4)25(5,23)24)12(2)17-15(16-11)21-8-6-19(3)7-9-21/h6-10H2,1-5H3,(H,18,22). The Kier molecular flexibility index (Phi) is 5.96. The fourth-order valence-electron chi connectivity index (χ4n) is 2.53. The third-order valence-corrected chi connectivity index (χ3v) is 5.50. The first-order valence-corrected chi connectivity index (χ1v) is 9.92. The first-order valence-electron chi connectivity index (χ1n) is 8.08. The molecule has 2 rings (SSSR count). The van der Waals surface area contributed by atoms with E-state index in [2.05, 4.69) is 32.1 Å². The molecule has 1 aliphatic heterocycles. The summed E-state index contributed by atoms with van der Waals surface area (Å²) < 4.78 is 23.8. The van der Waals surface area contributed by atoms with Crippen molar-refractivity contribution in [1.82, 2.24) is 19.2 Å². The van der Waals surface area contributed by atoms with Crippen LogP contribution >= 0.6 is 0 Å². The molecule has 0 saturated carbocycles. The SMILES string of the molecule is Cc1nc(N2CCN(C)CC2)nc(C)c1NC(=O)CN(C)S(C)(=O)=O. The van der Waals surface area contributed by atoms with Crippen molar-refractivity contribution >= 4 is 27.6 Å². The predicted octanol–water partition coefficient (Wildman–Crippen LogP) is -0.325. The van der Waals surface area contributed by atoms with Crippen molar-refractivity contribution < 1.29 is 13.2 Å². The van der Waals surface area contributed by atoms with Crippen molar-refractivity contribution in [3.05, 3.63) is 11.4 Å². The number of carbonyl (C=O) groups excluding carboxylic acids is 1. The molecule has 9 nitrogen and oxygen atoms in total. The molecule has 25 heavy (non-hydrogen) atoms. The van der Waals surface area contributed by atoms with Crippen LogP contribution in [-0.2, 0) is 14.8 Å². The number of hydrogen-bond acceptors (Lipinski definition) is 7. The second kappa shape index (κ2) is 7.63. The first kappa shape index (κ1) is 19.5. The molecule has 0 radical (unpaired) electrons. The second-order valence-electron chi connectivity index (χ2n) is 6.43.